The number of amides is 1. The lowest BCUT2D eigenvalue weighted by molar-refractivity contribution is -0.138. The quantitative estimate of drug-likeness (QED) is 0.464. The van der Waals surface area contributed by atoms with Gasteiger partial charge in [0.1, 0.15) is 17.1 Å². The SMILES string of the molecule is O=C(Nc1cnccc1OC(F)C(F)F)c1ccnc(NCc2ccccc2C(F)(F)F)n1. The number of carbonyl (C=O) groups is 1. The van der Waals surface area contributed by atoms with Crippen LogP contribution >= 0.6 is 0 Å². The van der Waals surface area contributed by atoms with Gasteiger partial charge in [0.05, 0.1) is 11.8 Å². The van der Waals surface area contributed by atoms with E-state index in [1.165, 1.54) is 30.5 Å². The van der Waals surface area contributed by atoms with Crippen molar-refractivity contribution < 1.29 is 35.9 Å². The van der Waals surface area contributed by atoms with Crippen LogP contribution in [0.1, 0.15) is 21.6 Å². The van der Waals surface area contributed by atoms with Gasteiger partial charge in [0.2, 0.25) is 5.95 Å². The number of alkyl halides is 6. The Morgan fingerprint density at radius 2 is 1.82 bits per heavy atom. The van der Waals surface area contributed by atoms with Gasteiger partial charge < -0.3 is 15.4 Å². The number of nitrogens with one attached hydrogen (secondary N) is 2. The molecule has 2 aromatic heterocycles. The van der Waals surface area contributed by atoms with Crippen LogP contribution in [0.5, 0.6) is 5.75 Å². The molecule has 7 nitrogen and oxygen atoms in total. The molecule has 0 saturated carbocycles. The molecule has 1 aromatic carbocycles. The van der Waals surface area contributed by atoms with Crippen molar-refractivity contribution in [3.05, 3.63) is 71.8 Å². The minimum Gasteiger partial charge on any atom is -0.452 e. The lowest BCUT2D eigenvalue weighted by Crippen LogP contribution is -2.21. The van der Waals surface area contributed by atoms with Crippen molar-refractivity contribution in [1.82, 2.24) is 15.0 Å². The standard InChI is InChI=1S/C20H15F6N5O2/c21-16(22)17(23)33-15-6-7-27-10-14(15)30-18(32)13-5-8-28-19(31-13)29-9-11-3-1-2-4-12(11)20(24,25)26/h1-8,10,16-17H,9H2,(H,30,32)(H,28,29,31). The van der Waals surface area contributed by atoms with E-state index in [2.05, 4.69) is 30.3 Å². The number of anilines is 2. The van der Waals surface area contributed by atoms with Crippen LogP contribution in [0.3, 0.4) is 0 Å². The molecule has 0 saturated heterocycles. The van der Waals surface area contributed by atoms with Gasteiger partial charge in [-0.2, -0.15) is 17.6 Å². The Bertz CT molecular complexity index is 1110. The molecule has 0 radical (unpaired) electrons. The summed E-state index contributed by atoms with van der Waals surface area (Å²) < 4.78 is 81.9. The zero-order chi connectivity index (χ0) is 24.0. The summed E-state index contributed by atoms with van der Waals surface area (Å²) in [4.78, 5) is 24.0. The molecule has 0 spiro atoms. The highest BCUT2D eigenvalue weighted by atomic mass is 19.4. The van der Waals surface area contributed by atoms with E-state index >= 15 is 0 Å². The highest BCUT2D eigenvalue weighted by molar-refractivity contribution is 6.03. The van der Waals surface area contributed by atoms with Gasteiger partial charge in [0.15, 0.2) is 0 Å². The van der Waals surface area contributed by atoms with E-state index < -0.39 is 30.4 Å². The first kappa shape index (κ1) is 23.8. The summed E-state index contributed by atoms with van der Waals surface area (Å²) in [6.45, 7) is -0.271. The number of pyridine rings is 1. The molecule has 0 aliphatic carbocycles. The predicted octanol–water partition coefficient (Wildman–Crippen LogP) is 4.69. The number of ether oxygens (including phenoxy) is 1. The fourth-order valence-corrected chi connectivity index (χ4v) is 2.63. The molecular weight excluding hydrogens is 456 g/mol. The zero-order valence-electron chi connectivity index (χ0n) is 16.5. The van der Waals surface area contributed by atoms with E-state index in [1.54, 1.807) is 0 Å². The van der Waals surface area contributed by atoms with Crippen molar-refractivity contribution >= 4 is 17.5 Å². The molecule has 174 valence electrons. The molecule has 0 bridgehead atoms. The van der Waals surface area contributed by atoms with Crippen molar-refractivity contribution in [3.63, 3.8) is 0 Å². The van der Waals surface area contributed by atoms with Crippen LogP contribution in [0.2, 0.25) is 0 Å². The van der Waals surface area contributed by atoms with Gasteiger partial charge in [-0.15, -0.1) is 0 Å². The minimum atomic E-state index is -4.55. The molecule has 0 fully saturated rings. The van der Waals surface area contributed by atoms with Crippen molar-refractivity contribution in [2.24, 2.45) is 0 Å². The fourth-order valence-electron chi connectivity index (χ4n) is 2.63. The maximum absolute atomic E-state index is 13.2. The van der Waals surface area contributed by atoms with Crippen LogP contribution in [0.15, 0.2) is 55.0 Å². The summed E-state index contributed by atoms with van der Waals surface area (Å²) in [5.41, 5.74) is -1.29. The highest BCUT2D eigenvalue weighted by Gasteiger charge is 2.32. The summed E-state index contributed by atoms with van der Waals surface area (Å²) in [6.07, 6.45) is -7.48. The lowest BCUT2D eigenvalue weighted by atomic mass is 10.1. The number of halogens is 6. The van der Waals surface area contributed by atoms with Gasteiger partial charge in [-0.25, -0.2) is 18.7 Å². The van der Waals surface area contributed by atoms with Crippen molar-refractivity contribution in [1.29, 1.82) is 0 Å². The molecule has 13 heteroatoms. The number of benzene rings is 1. The molecule has 2 N–H and O–H groups in total. The molecule has 1 atom stereocenters. The third-order valence-corrected chi connectivity index (χ3v) is 4.11. The van der Waals surface area contributed by atoms with Crippen LogP contribution < -0.4 is 15.4 Å². The van der Waals surface area contributed by atoms with Crippen molar-refractivity contribution in [2.45, 2.75) is 25.5 Å². The highest BCUT2D eigenvalue weighted by Crippen LogP contribution is 2.32. The summed E-state index contributed by atoms with van der Waals surface area (Å²) >= 11 is 0. The molecule has 0 aliphatic heterocycles. The van der Waals surface area contributed by atoms with Crippen LogP contribution in [-0.4, -0.2) is 33.6 Å². The van der Waals surface area contributed by atoms with Gasteiger partial charge in [-0.1, -0.05) is 18.2 Å². The predicted molar refractivity (Wildman–Crippen MR) is 105 cm³/mol. The number of hydrogen-bond donors (Lipinski definition) is 2. The smallest absolute Gasteiger partial charge is 0.416 e. The molecular formula is C20H15F6N5O2. The normalized spacial score (nSPS) is 12.3. The molecule has 0 aliphatic rings. The topological polar surface area (TPSA) is 89.0 Å². The van der Waals surface area contributed by atoms with E-state index in [-0.39, 0.29) is 35.2 Å². The van der Waals surface area contributed by atoms with Crippen LogP contribution in [0.4, 0.5) is 38.0 Å². The molecule has 1 amide bonds. The third kappa shape index (κ3) is 6.30. The fraction of sp³-hybridized carbons (Fsp3) is 0.200. The first-order chi connectivity index (χ1) is 15.6. The summed E-state index contributed by atoms with van der Waals surface area (Å²) in [5, 5.41) is 4.91. The second kappa shape index (κ2) is 10.1. The number of nitrogens with zero attached hydrogens (tertiary/aromatic N) is 3. The Labute approximate surface area is 182 Å². The van der Waals surface area contributed by atoms with Crippen molar-refractivity contribution in [3.8, 4) is 5.75 Å². The minimum absolute atomic E-state index is 0.0552. The second-order valence-electron chi connectivity index (χ2n) is 6.40. The van der Waals surface area contributed by atoms with Gasteiger partial charge in [-0.05, 0) is 17.7 Å². The Balaban J connectivity index is 1.72. The van der Waals surface area contributed by atoms with Crippen LogP contribution in [-0.2, 0) is 12.7 Å². The van der Waals surface area contributed by atoms with Gasteiger partial charge in [0, 0.05) is 25.0 Å². The molecule has 3 rings (SSSR count). The summed E-state index contributed by atoms with van der Waals surface area (Å²) in [6, 6.07) is 7.21. The van der Waals surface area contributed by atoms with Crippen molar-refractivity contribution in [2.75, 3.05) is 10.6 Å². The molecule has 2 heterocycles. The zero-order valence-corrected chi connectivity index (χ0v) is 16.5. The average Bonchev–Trinajstić information content (AvgIpc) is 2.78. The number of carbonyl (C=O) groups excluding carboxylic acids is 1. The maximum Gasteiger partial charge on any atom is 0.416 e. The van der Waals surface area contributed by atoms with Gasteiger partial charge in [-0.3, -0.25) is 9.78 Å². The van der Waals surface area contributed by atoms with E-state index in [4.69, 9.17) is 0 Å². The van der Waals surface area contributed by atoms with E-state index in [1.807, 2.05) is 0 Å². The average molecular weight is 471 g/mol. The van der Waals surface area contributed by atoms with E-state index in [9.17, 15) is 31.1 Å². The van der Waals surface area contributed by atoms with E-state index in [0.717, 1.165) is 24.5 Å². The number of aromatic nitrogens is 3. The second-order valence-corrected chi connectivity index (χ2v) is 6.40. The monoisotopic (exact) mass is 471 g/mol. The summed E-state index contributed by atoms with van der Waals surface area (Å²) in [7, 11) is 0. The molecule has 33 heavy (non-hydrogen) atoms. The number of rotatable bonds is 8. The van der Waals surface area contributed by atoms with Crippen LogP contribution in [0, 0.1) is 0 Å². The Kier molecular flexibility index (Phi) is 7.30. The van der Waals surface area contributed by atoms with Gasteiger partial charge >= 0.3 is 12.6 Å². The molecule has 1 unspecified atom stereocenters. The Hall–Kier alpha value is -3.90. The summed E-state index contributed by atoms with van der Waals surface area (Å²) in [5.74, 6) is -1.37. The maximum atomic E-state index is 13.2. The first-order valence-corrected chi connectivity index (χ1v) is 9.21. The Morgan fingerprint density at radius 3 is 2.55 bits per heavy atom. The Morgan fingerprint density at radius 1 is 1.06 bits per heavy atom. The largest absolute Gasteiger partial charge is 0.452 e. The van der Waals surface area contributed by atoms with Crippen LogP contribution in [0.25, 0.3) is 0 Å². The van der Waals surface area contributed by atoms with Gasteiger partial charge in [0.25, 0.3) is 12.3 Å². The van der Waals surface area contributed by atoms with E-state index in [0.29, 0.717) is 0 Å². The first-order valence-electron chi connectivity index (χ1n) is 9.21. The third-order valence-electron chi connectivity index (χ3n) is 4.11. The lowest BCUT2D eigenvalue weighted by Gasteiger charge is -2.14. The number of hydrogen-bond acceptors (Lipinski definition) is 6. The molecule has 3 aromatic rings.